The molecule has 4 aromatic heterocycles. The van der Waals surface area contributed by atoms with Gasteiger partial charge in [-0.15, -0.1) is 45.3 Å². The summed E-state index contributed by atoms with van der Waals surface area (Å²) in [6.45, 7) is 0. The molecule has 0 aliphatic carbocycles. The lowest BCUT2D eigenvalue weighted by molar-refractivity contribution is 0.412. The molecule has 2 aliphatic rings. The fourth-order valence-corrected chi connectivity index (χ4v) is 24.3. The molecule has 12 aromatic rings. The number of ether oxygens (including phenoxy) is 8. The molecule has 0 unspecified atom stereocenters. The van der Waals surface area contributed by atoms with Crippen LogP contribution in [-0.2, 0) is 0 Å². The molecule has 12 nitrogen and oxygen atoms in total. The van der Waals surface area contributed by atoms with E-state index in [4.69, 9.17) is 37.9 Å². The molecule has 8 aromatic carbocycles. The van der Waals surface area contributed by atoms with Gasteiger partial charge in [0.1, 0.15) is 87.2 Å². The maximum Gasteiger partial charge on any atom is 0.150 e. The van der Waals surface area contributed by atoms with Crippen LogP contribution in [0.4, 0.5) is 65.5 Å². The summed E-state index contributed by atoms with van der Waals surface area (Å²) in [5.74, 6) is 5.75. The molecular weight excluding hydrogens is 1210 g/mol. The van der Waals surface area contributed by atoms with Crippen molar-refractivity contribution >= 4 is 139 Å². The maximum atomic E-state index is 6.24. The highest BCUT2D eigenvalue weighted by Gasteiger charge is 2.65. The molecule has 0 atom stereocenters. The summed E-state index contributed by atoms with van der Waals surface area (Å²) < 4.78 is 49.9. The van der Waals surface area contributed by atoms with Crippen LogP contribution in [0.3, 0.4) is 0 Å². The number of thiophene rings is 4. The number of hydrogen-bond donors (Lipinski definition) is 0. The molecule has 0 fully saturated rings. The molecule has 2 aliphatic heterocycles. The fourth-order valence-electron chi connectivity index (χ4n) is 12.3. The minimum Gasteiger partial charge on any atom is -0.495 e. The Morgan fingerprint density at radius 3 is 0.517 bits per heavy atom. The zero-order valence-electron chi connectivity index (χ0n) is 49.9. The number of hydrogen-bond acceptors (Lipinski definition) is 16. The van der Waals surface area contributed by atoms with Crippen LogP contribution in [0, 0.1) is 0 Å². The van der Waals surface area contributed by atoms with E-state index in [1.807, 2.05) is 97.1 Å². The first-order valence-electron chi connectivity index (χ1n) is 28.5. The number of nitrogens with zero attached hydrogens (tertiary/aromatic N) is 4. The van der Waals surface area contributed by atoms with Gasteiger partial charge in [-0.25, -0.2) is 0 Å². The molecule has 444 valence electrons. The zero-order chi connectivity index (χ0) is 60.9. The fraction of sp³-hybridized carbons (Fsp3) is 0.111. The van der Waals surface area contributed by atoms with Gasteiger partial charge in [0.05, 0.1) is 122 Å². The number of para-hydroxylation sites is 16. The Labute approximate surface area is 534 Å². The molecule has 0 saturated carbocycles. The molecule has 0 saturated heterocycles. The van der Waals surface area contributed by atoms with Gasteiger partial charge in [-0.3, -0.25) is 19.6 Å². The van der Waals surface area contributed by atoms with E-state index in [9.17, 15) is 0 Å². The van der Waals surface area contributed by atoms with E-state index in [1.54, 1.807) is 102 Å². The summed E-state index contributed by atoms with van der Waals surface area (Å²) in [4.78, 5) is 13.9. The van der Waals surface area contributed by atoms with Crippen molar-refractivity contribution in [2.24, 2.45) is 0 Å². The van der Waals surface area contributed by atoms with Gasteiger partial charge in [0.2, 0.25) is 0 Å². The van der Waals surface area contributed by atoms with Crippen molar-refractivity contribution in [3.05, 3.63) is 218 Å². The lowest BCUT2D eigenvalue weighted by atomic mass is 10.2. The summed E-state index contributed by atoms with van der Waals surface area (Å²) in [5.41, 5.74) is 6.96. The lowest BCUT2D eigenvalue weighted by Crippen LogP contribution is -2.31. The van der Waals surface area contributed by atoms with Gasteiger partial charge in [0, 0.05) is 24.3 Å². The van der Waals surface area contributed by atoms with Gasteiger partial charge < -0.3 is 37.9 Å². The quantitative estimate of drug-likeness (QED) is 0.0681. The maximum absolute atomic E-state index is 6.24. The van der Waals surface area contributed by atoms with Crippen LogP contribution in [0.2, 0.25) is 0 Å². The highest BCUT2D eigenvalue weighted by atomic mass is 32.1. The van der Waals surface area contributed by atoms with E-state index in [2.05, 4.69) is 141 Å². The third-order valence-corrected chi connectivity index (χ3v) is 25.9. The van der Waals surface area contributed by atoms with Crippen LogP contribution in [0.5, 0.6) is 46.0 Å². The van der Waals surface area contributed by atoms with Crippen molar-refractivity contribution in [3.63, 3.8) is 0 Å². The van der Waals surface area contributed by atoms with E-state index >= 15 is 0 Å². The summed E-state index contributed by atoms with van der Waals surface area (Å²) >= 11 is 7.13. The first-order valence-corrected chi connectivity index (χ1v) is 33.6. The number of anilines is 12. The highest BCUT2D eigenvalue weighted by Crippen LogP contribution is 2.74. The third kappa shape index (κ3) is 9.30. The van der Waals surface area contributed by atoms with Crippen LogP contribution in [0.15, 0.2) is 218 Å². The third-order valence-electron chi connectivity index (χ3n) is 16.1. The molecule has 14 rings (SSSR count). The average Bonchev–Trinajstić information content (AvgIpc) is 1.49. The SMILES string of the molecule is COc1ccccc1N(c1cc2c(s1)-c1sc(N(c3ccccc3OC)c3ccccc3OC)cc1[P+]21c2cc(N(c3ccccc3OC)c3ccccc3OC)sc2-c2sc(N(c3ccccc3OC)c3ccccc3OC)cc21)c1ccccc1OC. The molecule has 17 heteroatoms. The first-order chi connectivity index (χ1) is 43.8. The predicted molar refractivity (Wildman–Crippen MR) is 372 cm³/mol. The Hall–Kier alpha value is -9.41. The Morgan fingerprint density at radius 1 is 0.225 bits per heavy atom. The minimum absolute atomic E-state index is 0.718. The first kappa shape index (κ1) is 57.3. The van der Waals surface area contributed by atoms with E-state index in [-0.39, 0.29) is 0 Å². The monoisotopic (exact) mass is 1270 g/mol. The molecule has 89 heavy (non-hydrogen) atoms. The topological polar surface area (TPSA) is 86.8 Å². The van der Waals surface area contributed by atoms with Crippen molar-refractivity contribution in [2.75, 3.05) is 76.5 Å². The Balaban J connectivity index is 1.13. The highest BCUT2D eigenvalue weighted by molar-refractivity contribution is 8.04. The van der Waals surface area contributed by atoms with Crippen LogP contribution in [-0.4, -0.2) is 56.9 Å². The van der Waals surface area contributed by atoms with Gasteiger partial charge in [-0.1, -0.05) is 97.1 Å². The summed E-state index contributed by atoms with van der Waals surface area (Å²) in [7, 11) is 10.8. The molecule has 6 heterocycles. The van der Waals surface area contributed by atoms with E-state index in [1.165, 1.54) is 40.7 Å². The molecular formula is C72H60N4O8PS4+. The number of methoxy groups -OCH3 is 8. The average molecular weight is 1270 g/mol. The summed E-state index contributed by atoms with van der Waals surface area (Å²) in [5, 5.41) is 8.95. The van der Waals surface area contributed by atoms with Crippen molar-refractivity contribution in [2.45, 2.75) is 0 Å². The molecule has 0 radical (unpaired) electrons. The van der Waals surface area contributed by atoms with E-state index < -0.39 is 7.26 Å². The molecule has 0 amide bonds. The van der Waals surface area contributed by atoms with Crippen LogP contribution >= 0.6 is 52.6 Å². The van der Waals surface area contributed by atoms with Gasteiger partial charge in [-0.05, 0) is 97.1 Å². The van der Waals surface area contributed by atoms with Crippen LogP contribution < -0.4 is 78.7 Å². The predicted octanol–water partition coefficient (Wildman–Crippen LogP) is 18.5. The largest absolute Gasteiger partial charge is 0.495 e. The normalized spacial score (nSPS) is 12.1. The molecule has 1 spiro atoms. The van der Waals surface area contributed by atoms with Crippen LogP contribution in [0.25, 0.3) is 19.5 Å². The number of benzene rings is 8. The zero-order valence-corrected chi connectivity index (χ0v) is 54.1. The number of rotatable bonds is 20. The Kier molecular flexibility index (Phi) is 15.4. The second-order valence-electron chi connectivity index (χ2n) is 20.6. The molecule has 0 bridgehead atoms. The lowest BCUT2D eigenvalue weighted by Gasteiger charge is -2.28. The van der Waals surface area contributed by atoms with Gasteiger partial charge in [0.25, 0.3) is 0 Å². The second kappa shape index (κ2) is 23.9. The Bertz CT molecular complexity index is 3850. The summed E-state index contributed by atoms with van der Waals surface area (Å²) in [6.07, 6.45) is 0. The van der Waals surface area contributed by atoms with Gasteiger partial charge >= 0.3 is 0 Å². The van der Waals surface area contributed by atoms with Gasteiger partial charge in [-0.2, -0.15) is 0 Å². The Morgan fingerprint density at radius 2 is 0.371 bits per heavy atom. The van der Waals surface area contributed by atoms with E-state index in [0.29, 0.717) is 0 Å². The van der Waals surface area contributed by atoms with Crippen LogP contribution in [0.1, 0.15) is 0 Å². The second-order valence-corrected chi connectivity index (χ2v) is 28.0. The van der Waals surface area contributed by atoms with Gasteiger partial charge in [0.15, 0.2) is 7.26 Å². The minimum atomic E-state index is -3.03. The molecule has 0 N–H and O–H groups in total. The standard InChI is InChI=1S/C72H60N4O8PS4/c1-77-53-33-17-9-25-45(53)73(46-26-10-18-34-54(46)78-2)65-41-61-69(86-65)70-62(42-66(87-70)74(47-27-11-19-35-55(47)79-3)48-28-12-20-36-56(48)80-4)85(61)63-43-67(75(49-29-13-21-37-57(49)81-5)50-30-14-22-38-58(50)82-6)88-71(63)72-64(85)44-68(89-72)76(51-31-15-23-39-59(51)83-7)52-32-16-24-40-60(52)84-8/h9-44H,1-8H3/q+1. The van der Waals surface area contributed by atoms with E-state index in [0.717, 1.165) is 111 Å². The van der Waals surface area contributed by atoms with Crippen molar-refractivity contribution < 1.29 is 37.9 Å². The number of fused-ring (bicyclic) bond motifs is 10. The van der Waals surface area contributed by atoms with Crippen molar-refractivity contribution in [1.29, 1.82) is 0 Å². The van der Waals surface area contributed by atoms with Crippen molar-refractivity contribution in [1.82, 2.24) is 0 Å². The smallest absolute Gasteiger partial charge is 0.150 e. The van der Waals surface area contributed by atoms with Crippen molar-refractivity contribution in [3.8, 4) is 65.5 Å². The summed E-state index contributed by atoms with van der Waals surface area (Å²) in [6, 6.07) is 75.4.